The molecule has 30 heavy (non-hydrogen) atoms. The molecule has 3 rings (SSSR count). The molecule has 0 radical (unpaired) electrons. The first-order valence-electron chi connectivity index (χ1n) is 10.5. The lowest BCUT2D eigenvalue weighted by Gasteiger charge is -2.29. The van der Waals surface area contributed by atoms with Gasteiger partial charge >= 0.3 is 5.97 Å². The predicted molar refractivity (Wildman–Crippen MR) is 115 cm³/mol. The molecule has 2 atom stereocenters. The standard InChI is InChI=1S/C25H29FO4/c1-4-6-19-8-7-18(16-29-19)23-14-13-22(17(3)24(23)26)25(27)30-21-11-9-20(10-12-21)28-15-5-2/h5,9-14,18-19H,2,4,6-8,15-16H2,1,3H3. The summed E-state index contributed by atoms with van der Waals surface area (Å²) in [6, 6.07) is 10.0. The van der Waals surface area contributed by atoms with E-state index in [1.54, 1.807) is 49.4 Å². The van der Waals surface area contributed by atoms with Crippen molar-refractivity contribution in [2.24, 2.45) is 0 Å². The molecule has 0 bridgehead atoms. The van der Waals surface area contributed by atoms with Gasteiger partial charge < -0.3 is 14.2 Å². The van der Waals surface area contributed by atoms with Gasteiger partial charge in [0.1, 0.15) is 23.9 Å². The van der Waals surface area contributed by atoms with Crippen molar-refractivity contribution in [3.63, 3.8) is 0 Å². The maximum atomic E-state index is 15.1. The number of halogens is 1. The highest BCUT2D eigenvalue weighted by Crippen LogP contribution is 2.33. The molecule has 0 saturated carbocycles. The van der Waals surface area contributed by atoms with E-state index in [0.717, 1.165) is 25.7 Å². The number of carbonyl (C=O) groups excluding carboxylic acids is 1. The maximum absolute atomic E-state index is 15.1. The highest BCUT2D eigenvalue weighted by atomic mass is 19.1. The molecule has 0 N–H and O–H groups in total. The molecular formula is C25H29FO4. The highest BCUT2D eigenvalue weighted by molar-refractivity contribution is 5.92. The summed E-state index contributed by atoms with van der Waals surface area (Å²) in [5.41, 5.74) is 1.14. The number of ether oxygens (including phenoxy) is 3. The van der Waals surface area contributed by atoms with Gasteiger partial charge in [0, 0.05) is 5.92 Å². The van der Waals surface area contributed by atoms with Gasteiger partial charge in [-0.3, -0.25) is 0 Å². The van der Waals surface area contributed by atoms with Crippen molar-refractivity contribution in [2.75, 3.05) is 13.2 Å². The summed E-state index contributed by atoms with van der Waals surface area (Å²) >= 11 is 0. The third kappa shape index (κ3) is 5.28. The van der Waals surface area contributed by atoms with Gasteiger partial charge in [0.05, 0.1) is 18.3 Å². The van der Waals surface area contributed by atoms with Gasteiger partial charge in [-0.15, -0.1) is 0 Å². The fraction of sp³-hybridized carbons (Fsp3) is 0.400. The minimum absolute atomic E-state index is 0.0185. The molecule has 1 fully saturated rings. The summed E-state index contributed by atoms with van der Waals surface area (Å²) < 4.78 is 31.8. The van der Waals surface area contributed by atoms with Gasteiger partial charge in [-0.25, -0.2) is 9.18 Å². The zero-order valence-corrected chi connectivity index (χ0v) is 17.7. The van der Waals surface area contributed by atoms with E-state index in [0.29, 0.717) is 35.8 Å². The Morgan fingerprint density at radius 2 is 1.93 bits per heavy atom. The van der Waals surface area contributed by atoms with Crippen LogP contribution in [0, 0.1) is 12.7 Å². The van der Waals surface area contributed by atoms with E-state index in [4.69, 9.17) is 14.2 Å². The van der Waals surface area contributed by atoms with Crippen molar-refractivity contribution in [3.8, 4) is 11.5 Å². The fourth-order valence-electron chi connectivity index (χ4n) is 3.76. The molecule has 1 aliphatic heterocycles. The Morgan fingerprint density at radius 1 is 1.20 bits per heavy atom. The fourth-order valence-corrected chi connectivity index (χ4v) is 3.76. The lowest BCUT2D eigenvalue weighted by Crippen LogP contribution is -2.25. The van der Waals surface area contributed by atoms with E-state index >= 15 is 4.39 Å². The van der Waals surface area contributed by atoms with Crippen LogP contribution in [0.5, 0.6) is 11.5 Å². The Balaban J connectivity index is 1.67. The maximum Gasteiger partial charge on any atom is 0.343 e. The molecule has 1 saturated heterocycles. The summed E-state index contributed by atoms with van der Waals surface area (Å²) in [7, 11) is 0. The van der Waals surface area contributed by atoms with Crippen LogP contribution in [-0.2, 0) is 4.74 Å². The Labute approximate surface area is 177 Å². The molecule has 0 aliphatic carbocycles. The summed E-state index contributed by atoms with van der Waals surface area (Å²) in [6.45, 7) is 8.27. The first-order chi connectivity index (χ1) is 14.5. The number of benzene rings is 2. The summed E-state index contributed by atoms with van der Waals surface area (Å²) in [5, 5.41) is 0. The molecule has 2 aromatic rings. The normalized spacial score (nSPS) is 18.6. The molecule has 0 spiro atoms. The van der Waals surface area contributed by atoms with Crippen LogP contribution in [-0.4, -0.2) is 25.3 Å². The summed E-state index contributed by atoms with van der Waals surface area (Å²) in [4.78, 5) is 12.6. The van der Waals surface area contributed by atoms with Crippen LogP contribution in [0.25, 0.3) is 0 Å². The quantitative estimate of drug-likeness (QED) is 0.304. The van der Waals surface area contributed by atoms with Gasteiger partial charge in [0.25, 0.3) is 0 Å². The molecule has 1 heterocycles. The van der Waals surface area contributed by atoms with E-state index in [2.05, 4.69) is 13.5 Å². The van der Waals surface area contributed by atoms with E-state index in [9.17, 15) is 4.79 Å². The average molecular weight is 413 g/mol. The van der Waals surface area contributed by atoms with Crippen LogP contribution in [0.2, 0.25) is 0 Å². The first-order valence-corrected chi connectivity index (χ1v) is 10.5. The van der Waals surface area contributed by atoms with Gasteiger partial charge in [-0.05, 0) is 67.6 Å². The van der Waals surface area contributed by atoms with Gasteiger partial charge in [0.15, 0.2) is 0 Å². The largest absolute Gasteiger partial charge is 0.490 e. The number of hydrogen-bond acceptors (Lipinski definition) is 4. The van der Waals surface area contributed by atoms with Crippen molar-refractivity contribution in [3.05, 3.63) is 71.6 Å². The van der Waals surface area contributed by atoms with Crippen molar-refractivity contribution < 1.29 is 23.4 Å². The Bertz CT molecular complexity index is 867. The SMILES string of the molecule is C=CCOc1ccc(OC(=O)c2ccc(C3CCC(CCC)OC3)c(F)c2C)cc1. The zero-order valence-electron chi connectivity index (χ0n) is 17.7. The third-order valence-corrected chi connectivity index (χ3v) is 5.46. The number of carbonyl (C=O) groups is 1. The molecule has 2 aromatic carbocycles. The van der Waals surface area contributed by atoms with Crippen LogP contribution >= 0.6 is 0 Å². The summed E-state index contributed by atoms with van der Waals surface area (Å²) in [6.07, 6.45) is 5.89. The Hall–Kier alpha value is -2.66. The summed E-state index contributed by atoms with van der Waals surface area (Å²) in [5.74, 6) is 0.111. The van der Waals surface area contributed by atoms with Crippen LogP contribution in [0.3, 0.4) is 0 Å². The van der Waals surface area contributed by atoms with E-state index in [1.807, 2.05) is 0 Å². The van der Waals surface area contributed by atoms with Gasteiger partial charge in [-0.1, -0.05) is 32.1 Å². The first kappa shape index (κ1) is 22.0. The second kappa shape index (κ2) is 10.4. The van der Waals surface area contributed by atoms with Crippen molar-refractivity contribution in [1.82, 2.24) is 0 Å². The molecule has 0 amide bonds. The zero-order chi connectivity index (χ0) is 21.5. The van der Waals surface area contributed by atoms with E-state index in [1.165, 1.54) is 0 Å². The second-order valence-electron chi connectivity index (χ2n) is 7.62. The van der Waals surface area contributed by atoms with Crippen LogP contribution < -0.4 is 9.47 Å². The predicted octanol–water partition coefficient (Wildman–Crippen LogP) is 5.98. The van der Waals surface area contributed by atoms with Crippen molar-refractivity contribution >= 4 is 5.97 Å². The van der Waals surface area contributed by atoms with Gasteiger partial charge in [0.2, 0.25) is 0 Å². The number of hydrogen-bond donors (Lipinski definition) is 0. The number of esters is 1. The second-order valence-corrected chi connectivity index (χ2v) is 7.62. The molecule has 5 heteroatoms. The lowest BCUT2D eigenvalue weighted by molar-refractivity contribution is -0.00174. The molecule has 0 aromatic heterocycles. The third-order valence-electron chi connectivity index (χ3n) is 5.46. The van der Waals surface area contributed by atoms with Crippen LogP contribution in [0.1, 0.15) is 60.0 Å². The molecule has 160 valence electrons. The smallest absolute Gasteiger partial charge is 0.343 e. The van der Waals surface area contributed by atoms with E-state index in [-0.39, 0.29) is 23.4 Å². The van der Waals surface area contributed by atoms with E-state index < -0.39 is 5.97 Å². The molecule has 2 unspecified atom stereocenters. The van der Waals surface area contributed by atoms with Crippen molar-refractivity contribution in [1.29, 1.82) is 0 Å². The monoisotopic (exact) mass is 412 g/mol. The lowest BCUT2D eigenvalue weighted by atomic mass is 9.88. The van der Waals surface area contributed by atoms with Crippen molar-refractivity contribution in [2.45, 2.75) is 51.6 Å². The van der Waals surface area contributed by atoms with Crippen LogP contribution in [0.15, 0.2) is 49.1 Å². The highest BCUT2D eigenvalue weighted by Gasteiger charge is 2.26. The van der Waals surface area contributed by atoms with Crippen LogP contribution in [0.4, 0.5) is 4.39 Å². The minimum atomic E-state index is -0.583. The average Bonchev–Trinajstić information content (AvgIpc) is 2.76. The topological polar surface area (TPSA) is 44.8 Å². The Morgan fingerprint density at radius 3 is 2.57 bits per heavy atom. The minimum Gasteiger partial charge on any atom is -0.490 e. The molecule has 1 aliphatic rings. The number of rotatable bonds is 8. The molecular weight excluding hydrogens is 383 g/mol. The van der Waals surface area contributed by atoms with Gasteiger partial charge in [-0.2, -0.15) is 0 Å². The molecule has 4 nitrogen and oxygen atoms in total. The Kier molecular flexibility index (Phi) is 7.63.